The maximum absolute atomic E-state index is 13.4. The summed E-state index contributed by atoms with van der Waals surface area (Å²) in [6.07, 6.45) is -4.62. The minimum Gasteiger partial charge on any atom is -0.307 e. The molecule has 0 bridgehead atoms. The van der Waals surface area contributed by atoms with Crippen molar-refractivity contribution in [2.45, 2.75) is 6.18 Å². The van der Waals surface area contributed by atoms with E-state index in [1.165, 1.54) is 6.07 Å². The summed E-state index contributed by atoms with van der Waals surface area (Å²) < 4.78 is 51.0. The summed E-state index contributed by atoms with van der Waals surface area (Å²) in [6, 6.07) is 9.99. The number of hydrogen-bond donors (Lipinski definition) is 2. The van der Waals surface area contributed by atoms with Gasteiger partial charge in [0.05, 0.1) is 16.9 Å². The van der Waals surface area contributed by atoms with Crippen LogP contribution in [0.4, 0.5) is 33.7 Å². The number of carbonyl (C=O) groups is 1. The van der Waals surface area contributed by atoms with E-state index in [0.717, 1.165) is 0 Å². The molecule has 0 unspecified atom stereocenters. The minimum absolute atomic E-state index is 0.308. The monoisotopic (exact) mass is 297 g/mol. The zero-order valence-corrected chi connectivity index (χ0v) is 10.5. The van der Waals surface area contributed by atoms with Crippen LogP contribution in [-0.4, -0.2) is 6.03 Å². The molecule has 2 aromatic carbocycles. The van der Waals surface area contributed by atoms with E-state index in [2.05, 4.69) is 11.4 Å². The van der Waals surface area contributed by atoms with E-state index in [9.17, 15) is 22.4 Å². The molecule has 0 aromatic heterocycles. The average molecular weight is 297 g/mol. The second-order valence-electron chi connectivity index (χ2n) is 4.05. The van der Waals surface area contributed by atoms with Crippen molar-refractivity contribution in [3.63, 3.8) is 0 Å². The SMILES string of the molecule is O=C(Nc1[c]cccc1)Nc1cc(C(F)(F)F)ccc1F. The number of nitrogens with one attached hydrogen (secondary N) is 2. The third kappa shape index (κ3) is 3.95. The molecule has 2 N–H and O–H groups in total. The van der Waals surface area contributed by atoms with Gasteiger partial charge in [0, 0.05) is 6.07 Å². The predicted molar refractivity (Wildman–Crippen MR) is 69.3 cm³/mol. The summed E-state index contributed by atoms with van der Waals surface area (Å²) in [5, 5.41) is 4.35. The highest BCUT2D eigenvalue weighted by atomic mass is 19.4. The highest BCUT2D eigenvalue weighted by molar-refractivity contribution is 5.99. The maximum atomic E-state index is 13.4. The van der Waals surface area contributed by atoms with Gasteiger partial charge in [-0.15, -0.1) is 0 Å². The highest BCUT2D eigenvalue weighted by Crippen LogP contribution is 2.31. The summed E-state index contributed by atoms with van der Waals surface area (Å²) in [7, 11) is 0. The number of para-hydroxylation sites is 1. The number of alkyl halides is 3. The van der Waals surface area contributed by atoms with Crippen LogP contribution in [0.3, 0.4) is 0 Å². The van der Waals surface area contributed by atoms with Crippen LogP contribution < -0.4 is 10.6 Å². The van der Waals surface area contributed by atoms with Crippen molar-refractivity contribution in [2.24, 2.45) is 0 Å². The lowest BCUT2D eigenvalue weighted by molar-refractivity contribution is -0.137. The number of benzene rings is 2. The molecule has 0 heterocycles. The van der Waals surface area contributed by atoms with Crippen LogP contribution in [0.5, 0.6) is 0 Å². The van der Waals surface area contributed by atoms with Crippen molar-refractivity contribution < 1.29 is 22.4 Å². The first kappa shape index (κ1) is 14.8. The van der Waals surface area contributed by atoms with Crippen LogP contribution in [-0.2, 0) is 6.18 Å². The molecule has 2 amide bonds. The van der Waals surface area contributed by atoms with Gasteiger partial charge in [0.2, 0.25) is 0 Å². The molecule has 0 atom stereocenters. The topological polar surface area (TPSA) is 41.1 Å². The summed E-state index contributed by atoms with van der Waals surface area (Å²) in [5.41, 5.74) is -1.30. The Kier molecular flexibility index (Phi) is 4.11. The van der Waals surface area contributed by atoms with Gasteiger partial charge in [0.25, 0.3) is 0 Å². The molecule has 109 valence electrons. The van der Waals surface area contributed by atoms with Crippen molar-refractivity contribution in [3.8, 4) is 0 Å². The molecular weight excluding hydrogens is 288 g/mol. The Morgan fingerprint density at radius 3 is 2.48 bits per heavy atom. The van der Waals surface area contributed by atoms with Gasteiger partial charge in [-0.25, -0.2) is 9.18 Å². The molecule has 3 nitrogen and oxygen atoms in total. The van der Waals surface area contributed by atoms with Crippen molar-refractivity contribution >= 4 is 17.4 Å². The van der Waals surface area contributed by atoms with Crippen LogP contribution in [0.25, 0.3) is 0 Å². The fourth-order valence-corrected chi connectivity index (χ4v) is 1.54. The zero-order chi connectivity index (χ0) is 15.5. The number of amides is 2. The molecule has 1 radical (unpaired) electrons. The molecule has 0 aliphatic carbocycles. The molecule has 2 rings (SSSR count). The Hall–Kier alpha value is -2.57. The number of urea groups is 1. The lowest BCUT2D eigenvalue weighted by Crippen LogP contribution is -2.20. The molecule has 0 saturated heterocycles. The molecule has 2 aromatic rings. The molecule has 0 aliphatic heterocycles. The van der Waals surface area contributed by atoms with Gasteiger partial charge in [-0.05, 0) is 24.3 Å². The number of rotatable bonds is 2. The predicted octanol–water partition coefficient (Wildman–Crippen LogP) is 4.29. The van der Waals surface area contributed by atoms with Gasteiger partial charge in [0.15, 0.2) is 0 Å². The largest absolute Gasteiger partial charge is 0.416 e. The van der Waals surface area contributed by atoms with E-state index in [1.54, 1.807) is 18.2 Å². The van der Waals surface area contributed by atoms with Crippen LogP contribution in [0.1, 0.15) is 5.56 Å². The summed E-state index contributed by atoms with van der Waals surface area (Å²) in [6.45, 7) is 0. The Balaban J connectivity index is 2.14. The summed E-state index contributed by atoms with van der Waals surface area (Å²) in [5.74, 6) is -0.963. The van der Waals surface area contributed by atoms with Gasteiger partial charge < -0.3 is 10.6 Å². The molecular formula is C14H9F4N2O. The Morgan fingerprint density at radius 2 is 1.86 bits per heavy atom. The molecule has 21 heavy (non-hydrogen) atoms. The molecule has 7 heteroatoms. The van der Waals surface area contributed by atoms with Gasteiger partial charge in [0.1, 0.15) is 5.82 Å². The Morgan fingerprint density at radius 1 is 1.10 bits per heavy atom. The van der Waals surface area contributed by atoms with E-state index in [0.29, 0.717) is 23.9 Å². The van der Waals surface area contributed by atoms with Crippen LogP contribution in [0.15, 0.2) is 42.5 Å². The van der Waals surface area contributed by atoms with Gasteiger partial charge in [-0.2, -0.15) is 13.2 Å². The molecule has 0 spiro atoms. The number of hydrogen-bond acceptors (Lipinski definition) is 1. The molecule has 0 aliphatic rings. The first-order chi connectivity index (χ1) is 9.86. The van der Waals surface area contributed by atoms with E-state index < -0.39 is 29.3 Å². The molecule has 0 fully saturated rings. The second kappa shape index (κ2) is 5.82. The second-order valence-corrected chi connectivity index (χ2v) is 4.05. The third-order valence-corrected chi connectivity index (χ3v) is 2.50. The Labute approximate surface area is 117 Å². The van der Waals surface area contributed by atoms with Gasteiger partial charge in [-0.3, -0.25) is 0 Å². The first-order valence-corrected chi connectivity index (χ1v) is 5.78. The smallest absolute Gasteiger partial charge is 0.307 e. The number of carbonyl (C=O) groups excluding carboxylic acids is 1. The van der Waals surface area contributed by atoms with Crippen LogP contribution >= 0.6 is 0 Å². The van der Waals surface area contributed by atoms with E-state index >= 15 is 0 Å². The maximum Gasteiger partial charge on any atom is 0.416 e. The van der Waals surface area contributed by atoms with Crippen molar-refractivity contribution in [1.82, 2.24) is 0 Å². The lowest BCUT2D eigenvalue weighted by Gasteiger charge is -2.11. The van der Waals surface area contributed by atoms with Crippen LogP contribution in [0.2, 0.25) is 0 Å². The van der Waals surface area contributed by atoms with E-state index in [1.807, 2.05) is 5.32 Å². The summed E-state index contributed by atoms with van der Waals surface area (Å²) in [4.78, 5) is 11.6. The number of anilines is 2. The molecule has 0 saturated carbocycles. The summed E-state index contributed by atoms with van der Waals surface area (Å²) >= 11 is 0. The van der Waals surface area contributed by atoms with Gasteiger partial charge >= 0.3 is 12.2 Å². The minimum atomic E-state index is -4.62. The first-order valence-electron chi connectivity index (χ1n) is 5.78. The number of halogens is 4. The van der Waals surface area contributed by atoms with E-state index in [4.69, 9.17) is 0 Å². The van der Waals surface area contributed by atoms with Crippen molar-refractivity contribution in [3.05, 3.63) is 59.9 Å². The fourth-order valence-electron chi connectivity index (χ4n) is 1.54. The van der Waals surface area contributed by atoms with E-state index in [-0.39, 0.29) is 0 Å². The van der Waals surface area contributed by atoms with Crippen molar-refractivity contribution in [1.29, 1.82) is 0 Å². The Bertz CT molecular complexity index is 641. The van der Waals surface area contributed by atoms with Crippen molar-refractivity contribution in [2.75, 3.05) is 10.6 Å². The lowest BCUT2D eigenvalue weighted by atomic mass is 10.2. The fraction of sp³-hybridized carbons (Fsp3) is 0.0714. The average Bonchev–Trinajstić information content (AvgIpc) is 2.41. The van der Waals surface area contributed by atoms with Crippen LogP contribution in [0, 0.1) is 11.9 Å². The van der Waals surface area contributed by atoms with Gasteiger partial charge in [-0.1, -0.05) is 18.2 Å². The normalized spacial score (nSPS) is 11.0. The highest BCUT2D eigenvalue weighted by Gasteiger charge is 2.31. The third-order valence-electron chi connectivity index (χ3n) is 2.50. The quantitative estimate of drug-likeness (QED) is 0.798. The standard InChI is InChI=1S/C14H9F4N2O/c15-11-7-6-9(14(16,17)18)8-12(11)20-13(21)19-10-4-2-1-3-5-10/h1-4,6-8H,(H2,19,20,21). The zero-order valence-electron chi connectivity index (χ0n) is 10.5.